The molecule has 0 atom stereocenters. The molecule has 2 N–H and O–H groups in total. The number of thioether (sulfide) groups is 1. The van der Waals surface area contributed by atoms with E-state index in [9.17, 15) is 0 Å². The summed E-state index contributed by atoms with van der Waals surface area (Å²) in [5, 5.41) is 12.2. The normalized spacial score (nSPS) is 9.83. The average Bonchev–Trinajstić information content (AvgIpc) is 2.15. The number of hydrogen-bond acceptors (Lipinski definition) is 5. The lowest BCUT2D eigenvalue weighted by Gasteiger charge is -2.02. The van der Waals surface area contributed by atoms with E-state index in [1.807, 2.05) is 6.26 Å². The molecule has 0 fully saturated rings. The van der Waals surface area contributed by atoms with Gasteiger partial charge in [0, 0.05) is 12.7 Å². The van der Waals surface area contributed by atoms with Crippen molar-refractivity contribution in [1.29, 1.82) is 0 Å². The van der Waals surface area contributed by atoms with Gasteiger partial charge in [0.15, 0.2) is 5.16 Å². The smallest absolute Gasteiger partial charge is 0.189 e. The molecule has 66 valence electrons. The zero-order valence-electron chi connectivity index (χ0n) is 6.82. The highest BCUT2D eigenvalue weighted by Gasteiger charge is 1.95. The van der Waals surface area contributed by atoms with Gasteiger partial charge in [0.25, 0.3) is 0 Å². The van der Waals surface area contributed by atoms with Gasteiger partial charge < -0.3 is 10.4 Å². The minimum atomic E-state index is 0.110. The maximum Gasteiger partial charge on any atom is 0.189 e. The van der Waals surface area contributed by atoms with Crippen LogP contribution >= 0.6 is 11.8 Å². The first-order valence-electron chi connectivity index (χ1n) is 3.58. The van der Waals surface area contributed by atoms with Crippen molar-refractivity contribution in [1.82, 2.24) is 9.97 Å². The molecule has 0 aromatic carbocycles. The van der Waals surface area contributed by atoms with E-state index >= 15 is 0 Å². The molecule has 1 rings (SSSR count). The quantitative estimate of drug-likeness (QED) is 0.531. The highest BCUT2D eigenvalue weighted by molar-refractivity contribution is 7.98. The Morgan fingerprint density at radius 3 is 3.17 bits per heavy atom. The van der Waals surface area contributed by atoms with Crippen molar-refractivity contribution in [2.45, 2.75) is 5.16 Å². The minimum Gasteiger partial charge on any atom is -0.395 e. The number of aliphatic hydroxyl groups is 1. The number of nitrogens with zero attached hydrogens (tertiary/aromatic N) is 2. The fraction of sp³-hybridized carbons (Fsp3) is 0.429. The van der Waals surface area contributed by atoms with E-state index in [1.54, 1.807) is 12.3 Å². The molecule has 0 spiro atoms. The van der Waals surface area contributed by atoms with E-state index in [2.05, 4.69) is 15.3 Å². The lowest BCUT2D eigenvalue weighted by molar-refractivity contribution is 0.311. The van der Waals surface area contributed by atoms with Gasteiger partial charge in [-0.25, -0.2) is 9.97 Å². The third kappa shape index (κ3) is 2.67. The summed E-state index contributed by atoms with van der Waals surface area (Å²) in [7, 11) is 0. The Kier molecular flexibility index (Phi) is 3.83. The molecular weight excluding hydrogens is 174 g/mol. The first kappa shape index (κ1) is 9.28. The summed E-state index contributed by atoms with van der Waals surface area (Å²) in [5.41, 5.74) is 0. The molecule has 0 aliphatic carbocycles. The zero-order valence-corrected chi connectivity index (χ0v) is 7.64. The van der Waals surface area contributed by atoms with Crippen molar-refractivity contribution in [2.24, 2.45) is 0 Å². The van der Waals surface area contributed by atoms with Crippen molar-refractivity contribution in [3.8, 4) is 0 Å². The van der Waals surface area contributed by atoms with Gasteiger partial charge in [-0.1, -0.05) is 11.8 Å². The van der Waals surface area contributed by atoms with Gasteiger partial charge >= 0.3 is 0 Å². The summed E-state index contributed by atoms with van der Waals surface area (Å²) in [6.07, 6.45) is 3.61. The second-order valence-electron chi connectivity index (χ2n) is 2.08. The third-order valence-corrected chi connectivity index (χ3v) is 1.80. The Morgan fingerprint density at radius 2 is 2.50 bits per heavy atom. The van der Waals surface area contributed by atoms with Crippen molar-refractivity contribution < 1.29 is 5.11 Å². The summed E-state index contributed by atoms with van der Waals surface area (Å²) in [6, 6.07) is 1.77. The number of aliphatic hydroxyl groups excluding tert-OH is 1. The molecular formula is C7H11N3OS. The van der Waals surface area contributed by atoms with Crippen molar-refractivity contribution >= 4 is 17.6 Å². The molecule has 0 saturated carbocycles. The summed E-state index contributed by atoms with van der Waals surface area (Å²) >= 11 is 1.49. The fourth-order valence-corrected chi connectivity index (χ4v) is 1.08. The second kappa shape index (κ2) is 4.95. The van der Waals surface area contributed by atoms with Crippen LogP contribution < -0.4 is 5.32 Å². The van der Waals surface area contributed by atoms with Gasteiger partial charge in [0.05, 0.1) is 6.61 Å². The highest BCUT2D eigenvalue weighted by Crippen LogP contribution is 2.09. The van der Waals surface area contributed by atoms with E-state index in [-0.39, 0.29) is 6.61 Å². The molecule has 0 unspecified atom stereocenters. The largest absolute Gasteiger partial charge is 0.395 e. The van der Waals surface area contributed by atoms with E-state index in [0.717, 1.165) is 11.0 Å². The second-order valence-corrected chi connectivity index (χ2v) is 2.85. The zero-order chi connectivity index (χ0) is 8.81. The fourth-order valence-electron chi connectivity index (χ4n) is 0.722. The molecule has 0 saturated heterocycles. The monoisotopic (exact) mass is 185 g/mol. The van der Waals surface area contributed by atoms with Crippen LogP contribution in [0.25, 0.3) is 0 Å². The summed E-state index contributed by atoms with van der Waals surface area (Å²) in [4.78, 5) is 8.17. The molecule has 5 heteroatoms. The number of aromatic nitrogens is 2. The van der Waals surface area contributed by atoms with Crippen molar-refractivity contribution in [2.75, 3.05) is 24.7 Å². The first-order valence-corrected chi connectivity index (χ1v) is 4.81. The number of nitrogens with one attached hydrogen (secondary N) is 1. The standard InChI is InChI=1S/C7H11N3OS/c1-12-7-9-3-2-6(10-7)8-4-5-11/h2-3,11H,4-5H2,1H3,(H,8,9,10). The van der Waals surface area contributed by atoms with Crippen LogP contribution in [0.5, 0.6) is 0 Å². The maximum absolute atomic E-state index is 8.54. The van der Waals surface area contributed by atoms with Crippen LogP contribution in [0.1, 0.15) is 0 Å². The van der Waals surface area contributed by atoms with Gasteiger partial charge in [-0.3, -0.25) is 0 Å². The van der Waals surface area contributed by atoms with E-state index in [0.29, 0.717) is 6.54 Å². The maximum atomic E-state index is 8.54. The molecule has 1 heterocycles. The van der Waals surface area contributed by atoms with Crippen LogP contribution in [0.4, 0.5) is 5.82 Å². The van der Waals surface area contributed by atoms with Crippen molar-refractivity contribution in [3.63, 3.8) is 0 Å². The first-order chi connectivity index (χ1) is 5.86. The minimum absolute atomic E-state index is 0.110. The Labute approximate surface area is 75.4 Å². The van der Waals surface area contributed by atoms with Crippen LogP contribution in [0.3, 0.4) is 0 Å². The highest BCUT2D eigenvalue weighted by atomic mass is 32.2. The Hall–Kier alpha value is -0.810. The molecule has 1 aromatic rings. The average molecular weight is 185 g/mol. The molecule has 12 heavy (non-hydrogen) atoms. The Morgan fingerprint density at radius 1 is 1.67 bits per heavy atom. The van der Waals surface area contributed by atoms with Crippen LogP contribution in [-0.4, -0.2) is 34.5 Å². The topological polar surface area (TPSA) is 58.0 Å². The SMILES string of the molecule is CSc1nccc(NCCO)n1. The summed E-state index contributed by atoms with van der Waals surface area (Å²) < 4.78 is 0. The van der Waals surface area contributed by atoms with E-state index in [1.165, 1.54) is 11.8 Å². The number of rotatable bonds is 4. The lowest BCUT2D eigenvalue weighted by Crippen LogP contribution is -2.07. The molecule has 0 bridgehead atoms. The van der Waals surface area contributed by atoms with Crippen LogP contribution in [0.15, 0.2) is 17.4 Å². The predicted octanol–water partition coefficient (Wildman–Crippen LogP) is 0.603. The van der Waals surface area contributed by atoms with Gasteiger partial charge in [-0.15, -0.1) is 0 Å². The summed E-state index contributed by atoms with van der Waals surface area (Å²) in [6.45, 7) is 0.628. The van der Waals surface area contributed by atoms with Crippen LogP contribution in [0, 0.1) is 0 Å². The van der Waals surface area contributed by atoms with Gasteiger partial charge in [0.2, 0.25) is 0 Å². The van der Waals surface area contributed by atoms with Gasteiger partial charge in [-0.05, 0) is 12.3 Å². The van der Waals surface area contributed by atoms with Crippen molar-refractivity contribution in [3.05, 3.63) is 12.3 Å². The van der Waals surface area contributed by atoms with Gasteiger partial charge in [-0.2, -0.15) is 0 Å². The van der Waals surface area contributed by atoms with Crippen LogP contribution in [-0.2, 0) is 0 Å². The van der Waals surface area contributed by atoms with E-state index < -0.39 is 0 Å². The van der Waals surface area contributed by atoms with Crippen LogP contribution in [0.2, 0.25) is 0 Å². The number of hydrogen-bond donors (Lipinski definition) is 2. The Bertz CT molecular complexity index is 244. The molecule has 1 aromatic heterocycles. The molecule has 0 aliphatic heterocycles. The lowest BCUT2D eigenvalue weighted by atomic mass is 10.5. The molecule has 4 nitrogen and oxygen atoms in total. The molecule has 0 aliphatic rings. The molecule has 0 radical (unpaired) electrons. The van der Waals surface area contributed by atoms with E-state index in [4.69, 9.17) is 5.11 Å². The summed E-state index contributed by atoms with van der Waals surface area (Å²) in [5.74, 6) is 0.753. The number of anilines is 1. The Balaban J connectivity index is 2.60. The third-order valence-electron chi connectivity index (χ3n) is 1.23. The molecule has 0 amide bonds. The predicted molar refractivity (Wildman–Crippen MR) is 49.4 cm³/mol. The van der Waals surface area contributed by atoms with Gasteiger partial charge in [0.1, 0.15) is 5.82 Å².